The van der Waals surface area contributed by atoms with Crippen LogP contribution in [0, 0.1) is 0 Å². The minimum Gasteiger partial charge on any atom is -0.406 e. The maximum Gasteiger partial charge on any atom is 0.573 e. The van der Waals surface area contributed by atoms with Crippen molar-refractivity contribution >= 4 is 0 Å². The smallest absolute Gasteiger partial charge is 0.406 e. The van der Waals surface area contributed by atoms with Gasteiger partial charge in [0.05, 0.1) is 11.7 Å². The van der Waals surface area contributed by atoms with Crippen LogP contribution in [0.4, 0.5) is 13.2 Å². The fraction of sp³-hybridized carbons (Fsp3) is 0.571. The molecule has 0 aromatic heterocycles. The summed E-state index contributed by atoms with van der Waals surface area (Å²) in [5.74, 6) is -0.256. The predicted molar refractivity (Wildman–Crippen MR) is 66.4 cm³/mol. The Morgan fingerprint density at radius 3 is 2.55 bits per heavy atom. The Labute approximate surface area is 115 Å². The van der Waals surface area contributed by atoms with Gasteiger partial charge in [-0.2, -0.15) is 0 Å². The van der Waals surface area contributed by atoms with Crippen molar-refractivity contribution in [2.24, 2.45) is 0 Å². The van der Waals surface area contributed by atoms with Crippen LogP contribution in [-0.2, 0) is 11.2 Å². The molecular formula is C14H17F3O3. The maximum atomic E-state index is 12.0. The lowest BCUT2D eigenvalue weighted by Crippen LogP contribution is -2.41. The van der Waals surface area contributed by atoms with Gasteiger partial charge < -0.3 is 14.6 Å². The average Bonchev–Trinajstić information content (AvgIpc) is 2.29. The number of benzene rings is 1. The van der Waals surface area contributed by atoms with Crippen molar-refractivity contribution in [2.75, 3.05) is 6.61 Å². The molecule has 0 saturated carbocycles. The molecule has 0 aliphatic carbocycles. The van der Waals surface area contributed by atoms with E-state index in [1.807, 2.05) is 6.92 Å². The van der Waals surface area contributed by atoms with E-state index in [1.165, 1.54) is 12.1 Å². The summed E-state index contributed by atoms with van der Waals surface area (Å²) in [6.07, 6.45) is -3.25. The van der Waals surface area contributed by atoms with Crippen LogP contribution in [0.2, 0.25) is 0 Å². The Hall–Kier alpha value is -1.27. The van der Waals surface area contributed by atoms with E-state index in [0.717, 1.165) is 5.56 Å². The zero-order valence-electron chi connectivity index (χ0n) is 11.1. The molecule has 2 rings (SSSR count). The Morgan fingerprint density at radius 1 is 1.35 bits per heavy atom. The van der Waals surface area contributed by atoms with Crippen LogP contribution < -0.4 is 4.74 Å². The summed E-state index contributed by atoms with van der Waals surface area (Å²) >= 11 is 0. The van der Waals surface area contributed by atoms with Crippen LogP contribution in [0.3, 0.4) is 0 Å². The highest BCUT2D eigenvalue weighted by atomic mass is 19.4. The van der Waals surface area contributed by atoms with E-state index in [9.17, 15) is 18.3 Å². The van der Waals surface area contributed by atoms with Gasteiger partial charge in [0, 0.05) is 19.4 Å². The Kier molecular flexibility index (Phi) is 4.25. The third kappa shape index (κ3) is 4.38. The highest BCUT2D eigenvalue weighted by molar-refractivity contribution is 5.28. The molecule has 20 heavy (non-hydrogen) atoms. The van der Waals surface area contributed by atoms with Crippen LogP contribution >= 0.6 is 0 Å². The van der Waals surface area contributed by atoms with Gasteiger partial charge in [-0.1, -0.05) is 12.1 Å². The van der Waals surface area contributed by atoms with Crippen molar-refractivity contribution in [3.05, 3.63) is 29.8 Å². The van der Waals surface area contributed by atoms with Crippen LogP contribution in [0.1, 0.15) is 25.3 Å². The zero-order chi connectivity index (χ0) is 14.8. The summed E-state index contributed by atoms with van der Waals surface area (Å²) in [6, 6.07) is 5.60. The van der Waals surface area contributed by atoms with Gasteiger partial charge in [-0.25, -0.2) is 0 Å². The number of alkyl halides is 3. The lowest BCUT2D eigenvalue weighted by molar-refractivity contribution is -0.274. The molecule has 1 aliphatic rings. The second kappa shape index (κ2) is 5.61. The van der Waals surface area contributed by atoms with E-state index in [2.05, 4.69) is 4.74 Å². The van der Waals surface area contributed by atoms with Gasteiger partial charge in [-0.15, -0.1) is 13.2 Å². The minimum absolute atomic E-state index is 0.0124. The number of aliphatic hydroxyl groups is 1. The Balaban J connectivity index is 2.00. The summed E-state index contributed by atoms with van der Waals surface area (Å²) in [7, 11) is 0. The van der Waals surface area contributed by atoms with E-state index >= 15 is 0 Å². The van der Waals surface area contributed by atoms with Crippen LogP contribution in [0.5, 0.6) is 5.75 Å². The number of ether oxygens (including phenoxy) is 2. The summed E-state index contributed by atoms with van der Waals surface area (Å²) in [4.78, 5) is 0. The minimum atomic E-state index is -4.68. The molecule has 0 radical (unpaired) electrons. The number of hydrogen-bond donors (Lipinski definition) is 1. The van der Waals surface area contributed by atoms with Gasteiger partial charge in [-0.3, -0.25) is 0 Å². The predicted octanol–water partition coefficient (Wildman–Crippen LogP) is 3.06. The quantitative estimate of drug-likeness (QED) is 0.930. The topological polar surface area (TPSA) is 38.7 Å². The molecule has 1 aromatic rings. The molecule has 1 aromatic carbocycles. The van der Waals surface area contributed by atoms with Crippen molar-refractivity contribution in [1.82, 2.24) is 0 Å². The molecule has 112 valence electrons. The van der Waals surface area contributed by atoms with Crippen LogP contribution in [0.15, 0.2) is 24.3 Å². The third-order valence-electron chi connectivity index (χ3n) is 3.33. The lowest BCUT2D eigenvalue weighted by atomic mass is 9.85. The first-order valence-electron chi connectivity index (χ1n) is 6.44. The highest BCUT2D eigenvalue weighted by Gasteiger charge is 2.34. The van der Waals surface area contributed by atoms with E-state index < -0.39 is 12.0 Å². The molecule has 1 aliphatic heterocycles. The molecule has 0 spiro atoms. The number of halogens is 3. The SMILES string of the molecule is CC1CC(O)(Cc2ccc(OC(F)(F)F)cc2)CCO1. The van der Waals surface area contributed by atoms with Gasteiger partial charge in [0.15, 0.2) is 0 Å². The molecule has 1 N–H and O–H groups in total. The Morgan fingerprint density at radius 2 is 2.00 bits per heavy atom. The van der Waals surface area contributed by atoms with Crippen LogP contribution in [-0.4, -0.2) is 29.8 Å². The van der Waals surface area contributed by atoms with Gasteiger partial charge in [0.25, 0.3) is 0 Å². The van der Waals surface area contributed by atoms with Crippen LogP contribution in [0.25, 0.3) is 0 Å². The second-order valence-corrected chi connectivity index (χ2v) is 5.23. The molecule has 2 atom stereocenters. The van der Waals surface area contributed by atoms with Crippen molar-refractivity contribution < 1.29 is 27.8 Å². The summed E-state index contributed by atoms with van der Waals surface area (Å²) in [5.41, 5.74) is -0.0829. The lowest BCUT2D eigenvalue weighted by Gasteiger charge is -2.35. The zero-order valence-corrected chi connectivity index (χ0v) is 11.1. The number of rotatable bonds is 3. The fourth-order valence-corrected chi connectivity index (χ4v) is 2.50. The maximum absolute atomic E-state index is 12.0. The van der Waals surface area contributed by atoms with Crippen molar-refractivity contribution in [2.45, 2.75) is 44.3 Å². The van der Waals surface area contributed by atoms with E-state index in [-0.39, 0.29) is 11.9 Å². The molecule has 6 heteroatoms. The normalized spacial score (nSPS) is 27.4. The molecule has 1 heterocycles. The third-order valence-corrected chi connectivity index (χ3v) is 3.33. The van der Waals surface area contributed by atoms with Crippen molar-refractivity contribution in [1.29, 1.82) is 0 Å². The van der Waals surface area contributed by atoms with E-state index in [0.29, 0.717) is 25.9 Å². The fourth-order valence-electron chi connectivity index (χ4n) is 2.50. The molecule has 1 saturated heterocycles. The van der Waals surface area contributed by atoms with Gasteiger partial charge in [-0.05, 0) is 31.0 Å². The largest absolute Gasteiger partial charge is 0.573 e. The standard InChI is InChI=1S/C14H17F3O3/c1-10-8-13(18,6-7-19-10)9-11-2-4-12(5-3-11)20-14(15,16)17/h2-5,10,18H,6-9H2,1H3. The molecule has 0 amide bonds. The molecular weight excluding hydrogens is 273 g/mol. The summed E-state index contributed by atoms with van der Waals surface area (Å²) < 4.78 is 45.3. The average molecular weight is 290 g/mol. The molecule has 1 fully saturated rings. The van der Waals surface area contributed by atoms with Gasteiger partial charge >= 0.3 is 6.36 Å². The highest BCUT2D eigenvalue weighted by Crippen LogP contribution is 2.29. The molecule has 3 nitrogen and oxygen atoms in total. The Bertz CT molecular complexity index is 444. The second-order valence-electron chi connectivity index (χ2n) is 5.23. The van der Waals surface area contributed by atoms with Crippen molar-refractivity contribution in [3.8, 4) is 5.75 Å². The number of hydrogen-bond acceptors (Lipinski definition) is 3. The molecule has 0 bridgehead atoms. The summed E-state index contributed by atoms with van der Waals surface area (Å²) in [5, 5.41) is 10.5. The van der Waals surface area contributed by atoms with Gasteiger partial charge in [0.1, 0.15) is 5.75 Å². The monoisotopic (exact) mass is 290 g/mol. The first kappa shape index (κ1) is 15.1. The van der Waals surface area contributed by atoms with E-state index in [4.69, 9.17) is 4.74 Å². The van der Waals surface area contributed by atoms with E-state index in [1.54, 1.807) is 12.1 Å². The first-order chi connectivity index (χ1) is 9.26. The van der Waals surface area contributed by atoms with Crippen molar-refractivity contribution in [3.63, 3.8) is 0 Å². The summed E-state index contributed by atoms with van der Waals surface area (Å²) in [6.45, 7) is 2.39. The molecule has 2 unspecified atom stereocenters. The first-order valence-corrected chi connectivity index (χ1v) is 6.44. The van der Waals surface area contributed by atoms with Gasteiger partial charge in [0.2, 0.25) is 0 Å².